The summed E-state index contributed by atoms with van der Waals surface area (Å²) in [5.41, 5.74) is 3.07. The normalized spacial score (nSPS) is 14.1. The van der Waals surface area contributed by atoms with E-state index in [4.69, 9.17) is 33.3 Å². The Balaban J connectivity index is 1.54. The molecule has 2 N–H and O–H groups in total. The Labute approximate surface area is 216 Å². The van der Waals surface area contributed by atoms with Crippen molar-refractivity contribution in [2.75, 3.05) is 51.3 Å². The van der Waals surface area contributed by atoms with Crippen LogP contribution in [0.2, 0.25) is 5.02 Å². The van der Waals surface area contributed by atoms with Crippen LogP contribution < -0.4 is 15.6 Å². The van der Waals surface area contributed by atoms with E-state index in [0.717, 1.165) is 60.8 Å². The van der Waals surface area contributed by atoms with Crippen LogP contribution in [-0.4, -0.2) is 65.9 Å². The van der Waals surface area contributed by atoms with Crippen molar-refractivity contribution in [1.29, 1.82) is 0 Å². The summed E-state index contributed by atoms with van der Waals surface area (Å²) in [5, 5.41) is 5.46. The second-order valence-corrected chi connectivity index (χ2v) is 9.37. The van der Waals surface area contributed by atoms with Crippen molar-refractivity contribution in [3.05, 3.63) is 69.0 Å². The lowest BCUT2D eigenvalue weighted by atomic mass is 10.1. The molecule has 0 radical (unpaired) electrons. The van der Waals surface area contributed by atoms with Gasteiger partial charge in [0, 0.05) is 48.0 Å². The van der Waals surface area contributed by atoms with Gasteiger partial charge in [0.15, 0.2) is 5.11 Å². The number of anilines is 1. The Bertz CT molecular complexity index is 1230. The number of benzene rings is 2. The maximum atomic E-state index is 12.9. The van der Waals surface area contributed by atoms with Crippen LogP contribution in [0, 0.1) is 6.92 Å². The lowest BCUT2D eigenvalue weighted by Crippen LogP contribution is -2.44. The minimum absolute atomic E-state index is 0.141. The molecule has 35 heavy (non-hydrogen) atoms. The Kier molecular flexibility index (Phi) is 8.62. The van der Waals surface area contributed by atoms with Crippen LogP contribution >= 0.6 is 23.8 Å². The number of nitrogens with one attached hydrogen (secondary N) is 2. The van der Waals surface area contributed by atoms with Gasteiger partial charge in [-0.25, -0.2) is 0 Å². The maximum Gasteiger partial charge on any atom is 0.253 e. The lowest BCUT2D eigenvalue weighted by molar-refractivity contribution is 0.0358. The average molecular weight is 515 g/mol. The van der Waals surface area contributed by atoms with Crippen molar-refractivity contribution in [2.45, 2.75) is 20.4 Å². The summed E-state index contributed by atoms with van der Waals surface area (Å²) in [7, 11) is 0. The number of ether oxygens (including phenoxy) is 2. The van der Waals surface area contributed by atoms with Gasteiger partial charge in [0.25, 0.3) is 5.56 Å². The van der Waals surface area contributed by atoms with Gasteiger partial charge in [0.1, 0.15) is 5.75 Å². The van der Waals surface area contributed by atoms with Crippen LogP contribution in [0.5, 0.6) is 5.75 Å². The molecule has 4 rings (SSSR count). The highest BCUT2D eigenvalue weighted by Crippen LogP contribution is 2.22. The van der Waals surface area contributed by atoms with Gasteiger partial charge in [-0.1, -0.05) is 11.6 Å². The van der Waals surface area contributed by atoms with E-state index in [1.807, 2.05) is 55.1 Å². The third-order valence-corrected chi connectivity index (χ3v) is 6.82. The Morgan fingerprint density at radius 1 is 1.23 bits per heavy atom. The Morgan fingerprint density at radius 3 is 2.69 bits per heavy atom. The van der Waals surface area contributed by atoms with Crippen molar-refractivity contribution in [3.8, 4) is 5.75 Å². The van der Waals surface area contributed by atoms with E-state index in [1.165, 1.54) is 0 Å². The predicted molar refractivity (Wildman–Crippen MR) is 146 cm³/mol. The number of halogens is 1. The van der Waals surface area contributed by atoms with Gasteiger partial charge >= 0.3 is 0 Å². The van der Waals surface area contributed by atoms with Gasteiger partial charge in [-0.3, -0.25) is 9.69 Å². The quantitative estimate of drug-likeness (QED) is 0.431. The fraction of sp³-hybridized carbons (Fsp3) is 0.385. The number of fused-ring (bicyclic) bond motifs is 1. The first-order valence-electron chi connectivity index (χ1n) is 11.8. The Hall–Kier alpha value is -2.65. The van der Waals surface area contributed by atoms with Crippen molar-refractivity contribution in [1.82, 2.24) is 14.8 Å². The van der Waals surface area contributed by atoms with E-state index in [0.29, 0.717) is 35.4 Å². The van der Waals surface area contributed by atoms with E-state index < -0.39 is 0 Å². The first-order chi connectivity index (χ1) is 16.9. The molecule has 0 amide bonds. The summed E-state index contributed by atoms with van der Waals surface area (Å²) in [4.78, 5) is 20.3. The maximum absolute atomic E-state index is 12.9. The highest BCUT2D eigenvalue weighted by atomic mass is 35.5. The molecule has 9 heteroatoms. The molecule has 2 aromatic carbocycles. The molecule has 7 nitrogen and oxygen atoms in total. The average Bonchev–Trinajstić information content (AvgIpc) is 2.85. The topological polar surface area (TPSA) is 69.8 Å². The number of aromatic amines is 1. The van der Waals surface area contributed by atoms with Crippen molar-refractivity contribution >= 4 is 45.5 Å². The van der Waals surface area contributed by atoms with Gasteiger partial charge in [-0.15, -0.1) is 0 Å². The number of rotatable bonds is 8. The zero-order chi connectivity index (χ0) is 24.8. The summed E-state index contributed by atoms with van der Waals surface area (Å²) in [5.74, 6) is 0.811. The van der Waals surface area contributed by atoms with Gasteiger partial charge in [-0.2, -0.15) is 0 Å². The summed E-state index contributed by atoms with van der Waals surface area (Å²) in [6, 6.07) is 13.4. The van der Waals surface area contributed by atoms with Crippen LogP contribution in [-0.2, 0) is 11.3 Å². The van der Waals surface area contributed by atoms with Crippen molar-refractivity contribution in [3.63, 3.8) is 0 Å². The van der Waals surface area contributed by atoms with Gasteiger partial charge in [-0.05, 0) is 79.5 Å². The van der Waals surface area contributed by atoms with Crippen LogP contribution in [0.1, 0.15) is 18.1 Å². The number of pyridine rings is 1. The fourth-order valence-electron chi connectivity index (χ4n) is 4.05. The zero-order valence-electron chi connectivity index (χ0n) is 20.1. The van der Waals surface area contributed by atoms with E-state index >= 15 is 0 Å². The number of aromatic nitrogens is 1. The van der Waals surface area contributed by atoms with E-state index in [2.05, 4.69) is 15.2 Å². The van der Waals surface area contributed by atoms with E-state index in [9.17, 15) is 4.79 Å². The van der Waals surface area contributed by atoms with Crippen LogP contribution in [0.25, 0.3) is 10.9 Å². The van der Waals surface area contributed by atoms with Crippen LogP contribution in [0.4, 0.5) is 5.69 Å². The van der Waals surface area contributed by atoms with Crippen LogP contribution in [0.15, 0.2) is 47.3 Å². The molecule has 1 saturated heterocycles. The molecule has 1 fully saturated rings. The van der Waals surface area contributed by atoms with Crippen molar-refractivity contribution in [2.24, 2.45) is 0 Å². The molecule has 186 valence electrons. The largest absolute Gasteiger partial charge is 0.494 e. The highest BCUT2D eigenvalue weighted by Gasteiger charge is 2.17. The minimum atomic E-state index is -0.141. The molecule has 1 aromatic heterocycles. The summed E-state index contributed by atoms with van der Waals surface area (Å²) >= 11 is 12.0. The van der Waals surface area contributed by atoms with E-state index in [-0.39, 0.29) is 5.56 Å². The first kappa shape index (κ1) is 25.4. The standard InChI is InChI=1S/C26H31ClN4O3S/c1-3-34-22-6-4-21(5-7-22)28-26(35)31(9-8-30-10-12-33-13-11-30)17-20-15-19-14-18(2)23(27)16-24(19)29-25(20)32/h4-7,14-16H,3,8-13,17H2,1-2H3,(H,28,35)(H,29,32). The number of hydrogen-bond donors (Lipinski definition) is 2. The zero-order valence-corrected chi connectivity index (χ0v) is 21.7. The highest BCUT2D eigenvalue weighted by molar-refractivity contribution is 7.80. The Morgan fingerprint density at radius 2 is 1.97 bits per heavy atom. The number of hydrogen-bond acceptors (Lipinski definition) is 5. The third-order valence-electron chi connectivity index (χ3n) is 6.06. The molecule has 0 spiro atoms. The minimum Gasteiger partial charge on any atom is -0.494 e. The molecular formula is C26H31ClN4O3S. The third kappa shape index (κ3) is 6.73. The second kappa shape index (κ2) is 11.9. The molecule has 3 aromatic rings. The predicted octanol–water partition coefficient (Wildman–Crippen LogP) is 4.42. The molecule has 0 aliphatic carbocycles. The number of H-pyrrole nitrogens is 1. The van der Waals surface area contributed by atoms with E-state index in [1.54, 1.807) is 6.07 Å². The number of thiocarbonyl (C=S) groups is 1. The summed E-state index contributed by atoms with van der Waals surface area (Å²) in [6.45, 7) is 9.69. The molecule has 1 aliphatic heterocycles. The lowest BCUT2D eigenvalue weighted by Gasteiger charge is -2.31. The number of morpholine rings is 1. The summed E-state index contributed by atoms with van der Waals surface area (Å²) in [6.07, 6.45) is 0. The molecule has 1 aliphatic rings. The van der Waals surface area contributed by atoms with Gasteiger partial charge < -0.3 is 24.7 Å². The summed E-state index contributed by atoms with van der Waals surface area (Å²) < 4.78 is 11.0. The van der Waals surface area contributed by atoms with Gasteiger partial charge in [0.05, 0.1) is 26.4 Å². The molecule has 0 bridgehead atoms. The molecule has 0 unspecified atom stereocenters. The second-order valence-electron chi connectivity index (χ2n) is 8.58. The molecule has 0 saturated carbocycles. The molecule has 0 atom stereocenters. The van der Waals surface area contributed by atoms with Crippen molar-refractivity contribution < 1.29 is 9.47 Å². The molecular weight excluding hydrogens is 484 g/mol. The van der Waals surface area contributed by atoms with Crippen LogP contribution in [0.3, 0.4) is 0 Å². The fourth-order valence-corrected chi connectivity index (χ4v) is 4.49. The van der Waals surface area contributed by atoms with Gasteiger partial charge in [0.2, 0.25) is 0 Å². The molecule has 2 heterocycles. The number of nitrogens with zero attached hydrogens (tertiary/aromatic N) is 2. The smallest absolute Gasteiger partial charge is 0.253 e. The number of aryl methyl sites for hydroxylation is 1. The monoisotopic (exact) mass is 514 g/mol. The SMILES string of the molecule is CCOc1ccc(NC(=S)N(CCN2CCOCC2)Cc2cc3cc(C)c(Cl)cc3[nH]c2=O)cc1. The first-order valence-corrected chi connectivity index (χ1v) is 12.6.